The fourth-order valence-corrected chi connectivity index (χ4v) is 2.12. The van der Waals surface area contributed by atoms with Gasteiger partial charge in [-0.3, -0.25) is 0 Å². The van der Waals surface area contributed by atoms with Gasteiger partial charge >= 0.3 is 5.97 Å². The summed E-state index contributed by atoms with van der Waals surface area (Å²) >= 11 is 11.7. The molecule has 0 saturated carbocycles. The lowest BCUT2D eigenvalue weighted by Crippen LogP contribution is -2.46. The van der Waals surface area contributed by atoms with E-state index in [-0.39, 0.29) is 0 Å². The van der Waals surface area contributed by atoms with E-state index in [9.17, 15) is 4.79 Å². The molecule has 0 radical (unpaired) electrons. The van der Waals surface area contributed by atoms with E-state index in [0.29, 0.717) is 22.2 Å². The molecule has 0 aliphatic heterocycles. The Labute approximate surface area is 124 Å². The number of esters is 1. The lowest BCUT2D eigenvalue weighted by molar-refractivity contribution is -0.906. The highest BCUT2D eigenvalue weighted by Gasteiger charge is 2.18. The number of hydrogen-bond donors (Lipinski definition) is 0. The minimum atomic E-state index is -0.402. The molecular formula is C14H20Cl2NO2+. The van der Waals surface area contributed by atoms with Crippen LogP contribution in [0.4, 0.5) is 0 Å². The van der Waals surface area contributed by atoms with Crippen molar-refractivity contribution in [3.63, 3.8) is 0 Å². The number of quaternary nitrogens is 1. The molecule has 0 unspecified atom stereocenters. The van der Waals surface area contributed by atoms with Crippen molar-refractivity contribution in [1.82, 2.24) is 0 Å². The number of halogens is 2. The highest BCUT2D eigenvalue weighted by atomic mass is 35.5. The summed E-state index contributed by atoms with van der Waals surface area (Å²) in [4.78, 5) is 11.9. The molecule has 5 heteroatoms. The first kappa shape index (κ1) is 16.3. The summed E-state index contributed by atoms with van der Waals surface area (Å²) in [6, 6.07) is 4.75. The van der Waals surface area contributed by atoms with E-state index in [2.05, 4.69) is 20.9 Å². The molecular weight excluding hydrogens is 285 g/mol. The predicted octanol–water partition coefficient (Wildman–Crippen LogP) is 3.64. The summed E-state index contributed by atoms with van der Waals surface area (Å²) in [5.74, 6) is -0.402. The summed E-state index contributed by atoms with van der Waals surface area (Å²) < 4.78 is 6.14. The van der Waals surface area contributed by atoms with Crippen molar-refractivity contribution in [2.24, 2.45) is 0 Å². The zero-order valence-corrected chi connectivity index (χ0v) is 13.1. The third-order valence-corrected chi connectivity index (χ3v) is 4.09. The van der Waals surface area contributed by atoms with Gasteiger partial charge in [0, 0.05) is 5.02 Å². The van der Waals surface area contributed by atoms with Crippen LogP contribution in [-0.2, 0) is 4.74 Å². The number of nitrogens with zero attached hydrogens (tertiary/aromatic N) is 1. The first-order chi connectivity index (χ1) is 8.91. The zero-order valence-electron chi connectivity index (χ0n) is 11.6. The van der Waals surface area contributed by atoms with Gasteiger partial charge < -0.3 is 9.22 Å². The van der Waals surface area contributed by atoms with Gasteiger partial charge in [0.1, 0.15) is 13.2 Å². The molecule has 0 saturated heterocycles. The number of likely N-dealkylation sites (N-methyl/N-ethyl adjacent to an activating group) is 1. The van der Waals surface area contributed by atoms with Gasteiger partial charge in [-0.2, -0.15) is 0 Å². The fraction of sp³-hybridized carbons (Fsp3) is 0.500. The number of carbonyl (C=O) groups is 1. The standard InChI is InChI=1S/C14H20Cl2NO2/c1-4-17(3,5-2)8-9-19-14(18)12-7-6-11(15)10-13(12)16/h6-7,10H,4-5,8-9H2,1-3H3/q+1. The summed E-state index contributed by atoms with van der Waals surface area (Å²) in [5.41, 5.74) is 0.355. The number of rotatable bonds is 6. The van der Waals surface area contributed by atoms with Crippen molar-refractivity contribution in [3.05, 3.63) is 33.8 Å². The minimum absolute atomic E-state index is 0.320. The number of carbonyl (C=O) groups excluding carboxylic acids is 1. The van der Waals surface area contributed by atoms with Crippen LogP contribution in [0, 0.1) is 0 Å². The van der Waals surface area contributed by atoms with Crippen LogP contribution in [-0.4, -0.2) is 43.7 Å². The van der Waals surface area contributed by atoms with Crippen molar-refractivity contribution in [2.75, 3.05) is 33.3 Å². The smallest absolute Gasteiger partial charge is 0.339 e. The summed E-state index contributed by atoms with van der Waals surface area (Å²) in [5, 5.41) is 0.823. The van der Waals surface area contributed by atoms with Gasteiger partial charge in [-0.25, -0.2) is 4.79 Å². The second-order valence-electron chi connectivity index (χ2n) is 4.74. The second kappa shape index (κ2) is 7.13. The van der Waals surface area contributed by atoms with Crippen LogP contribution in [0.25, 0.3) is 0 Å². The Bertz CT molecular complexity index is 445. The molecule has 0 spiro atoms. The fourth-order valence-electron chi connectivity index (χ4n) is 1.63. The van der Waals surface area contributed by atoms with E-state index in [1.165, 1.54) is 6.07 Å². The van der Waals surface area contributed by atoms with E-state index >= 15 is 0 Å². The molecule has 106 valence electrons. The maximum absolute atomic E-state index is 11.9. The van der Waals surface area contributed by atoms with E-state index in [1.54, 1.807) is 12.1 Å². The van der Waals surface area contributed by atoms with Crippen LogP contribution in [0.3, 0.4) is 0 Å². The molecule has 1 aromatic rings. The van der Waals surface area contributed by atoms with E-state index in [1.807, 2.05) is 0 Å². The van der Waals surface area contributed by atoms with Gasteiger partial charge in [-0.05, 0) is 32.0 Å². The molecule has 0 amide bonds. The van der Waals surface area contributed by atoms with Crippen LogP contribution in [0.2, 0.25) is 10.0 Å². The minimum Gasteiger partial charge on any atom is -0.456 e. The van der Waals surface area contributed by atoms with Gasteiger partial charge in [0.25, 0.3) is 0 Å². The normalized spacial score (nSPS) is 11.4. The Morgan fingerprint density at radius 3 is 2.42 bits per heavy atom. The summed E-state index contributed by atoms with van der Waals surface area (Å²) in [6.45, 7) is 7.45. The molecule has 0 N–H and O–H groups in total. The highest BCUT2D eigenvalue weighted by molar-refractivity contribution is 6.36. The number of hydrogen-bond acceptors (Lipinski definition) is 2. The van der Waals surface area contributed by atoms with E-state index < -0.39 is 5.97 Å². The summed E-state index contributed by atoms with van der Waals surface area (Å²) in [7, 11) is 2.14. The van der Waals surface area contributed by atoms with Crippen LogP contribution >= 0.6 is 23.2 Å². The van der Waals surface area contributed by atoms with Gasteiger partial charge in [0.05, 0.1) is 30.7 Å². The van der Waals surface area contributed by atoms with Crippen LogP contribution in [0.1, 0.15) is 24.2 Å². The molecule has 0 heterocycles. The Morgan fingerprint density at radius 1 is 1.26 bits per heavy atom. The second-order valence-corrected chi connectivity index (χ2v) is 5.58. The van der Waals surface area contributed by atoms with Gasteiger partial charge in [0.2, 0.25) is 0 Å². The molecule has 0 aliphatic rings. The Kier molecular flexibility index (Phi) is 6.11. The molecule has 0 fully saturated rings. The molecule has 1 rings (SSSR count). The van der Waals surface area contributed by atoms with Crippen molar-refractivity contribution >= 4 is 29.2 Å². The van der Waals surface area contributed by atoms with E-state index in [4.69, 9.17) is 27.9 Å². The van der Waals surface area contributed by atoms with Crippen molar-refractivity contribution in [1.29, 1.82) is 0 Å². The maximum Gasteiger partial charge on any atom is 0.339 e. The molecule has 0 atom stereocenters. The molecule has 0 bridgehead atoms. The predicted molar refractivity (Wildman–Crippen MR) is 78.9 cm³/mol. The van der Waals surface area contributed by atoms with Crippen LogP contribution in [0.5, 0.6) is 0 Å². The van der Waals surface area contributed by atoms with Crippen LogP contribution in [0.15, 0.2) is 18.2 Å². The third kappa shape index (κ3) is 4.68. The molecule has 19 heavy (non-hydrogen) atoms. The average Bonchev–Trinajstić information content (AvgIpc) is 2.38. The first-order valence-electron chi connectivity index (χ1n) is 6.37. The molecule has 1 aromatic carbocycles. The largest absolute Gasteiger partial charge is 0.456 e. The molecule has 0 aliphatic carbocycles. The maximum atomic E-state index is 11.9. The number of benzene rings is 1. The Balaban J connectivity index is 2.56. The molecule has 0 aromatic heterocycles. The third-order valence-electron chi connectivity index (χ3n) is 3.54. The lowest BCUT2D eigenvalue weighted by Gasteiger charge is -2.31. The Hall–Kier alpha value is -0.770. The van der Waals surface area contributed by atoms with Crippen molar-refractivity contribution in [2.45, 2.75) is 13.8 Å². The topological polar surface area (TPSA) is 26.3 Å². The monoisotopic (exact) mass is 304 g/mol. The Morgan fingerprint density at radius 2 is 1.89 bits per heavy atom. The van der Waals surface area contributed by atoms with Gasteiger partial charge in [0.15, 0.2) is 0 Å². The first-order valence-corrected chi connectivity index (χ1v) is 7.13. The lowest BCUT2D eigenvalue weighted by atomic mass is 10.2. The van der Waals surface area contributed by atoms with Gasteiger partial charge in [-0.1, -0.05) is 23.2 Å². The van der Waals surface area contributed by atoms with Crippen molar-refractivity contribution < 1.29 is 14.0 Å². The average molecular weight is 305 g/mol. The SMILES string of the molecule is CC[N+](C)(CC)CCOC(=O)c1ccc(Cl)cc1Cl. The number of ether oxygens (including phenoxy) is 1. The van der Waals surface area contributed by atoms with Crippen molar-refractivity contribution in [3.8, 4) is 0 Å². The van der Waals surface area contributed by atoms with Gasteiger partial charge in [-0.15, -0.1) is 0 Å². The zero-order chi connectivity index (χ0) is 14.5. The summed E-state index contributed by atoms with van der Waals surface area (Å²) in [6.07, 6.45) is 0. The quantitative estimate of drug-likeness (QED) is 0.592. The van der Waals surface area contributed by atoms with E-state index in [0.717, 1.165) is 24.1 Å². The highest BCUT2D eigenvalue weighted by Crippen LogP contribution is 2.21. The van der Waals surface area contributed by atoms with Crippen LogP contribution < -0.4 is 0 Å². The molecule has 3 nitrogen and oxygen atoms in total.